The van der Waals surface area contributed by atoms with Gasteiger partial charge in [0.15, 0.2) is 17.5 Å². The molecule has 0 saturated carbocycles. The summed E-state index contributed by atoms with van der Waals surface area (Å²) >= 11 is 0. The van der Waals surface area contributed by atoms with Crippen LogP contribution < -0.4 is 24.8 Å². The third-order valence-corrected chi connectivity index (χ3v) is 5.42. The van der Waals surface area contributed by atoms with Gasteiger partial charge in [-0.3, -0.25) is 0 Å². The van der Waals surface area contributed by atoms with E-state index >= 15 is 0 Å². The Hall–Kier alpha value is -2.88. The number of rotatable bonds is 9. The van der Waals surface area contributed by atoms with Crippen molar-refractivity contribution in [3.05, 3.63) is 78.3 Å². The van der Waals surface area contributed by atoms with Gasteiger partial charge in [-0.1, -0.05) is 30.3 Å². The standard InChI is InChI=1S/C26H31N3O4.HI/c1-19(33-25-12-6-5-11-24(25)30-2)18-28-26(27-15-13-20-8-7-16-31-20)29-22-14-17-32-23-10-4-3-9-21(22)23;/h3-12,16,19,22H,13-15,17-18H2,1-2H3,(H2,27,28,29);1H. The number of furan rings is 1. The number of halogens is 1. The Labute approximate surface area is 217 Å². The van der Waals surface area contributed by atoms with Gasteiger partial charge in [0.2, 0.25) is 0 Å². The first-order valence-electron chi connectivity index (χ1n) is 11.3. The third-order valence-electron chi connectivity index (χ3n) is 5.42. The average Bonchev–Trinajstić information content (AvgIpc) is 3.36. The van der Waals surface area contributed by atoms with Crippen LogP contribution in [-0.4, -0.2) is 38.9 Å². The molecule has 2 unspecified atom stereocenters. The Kier molecular flexibility index (Phi) is 9.93. The van der Waals surface area contributed by atoms with Crippen molar-refractivity contribution in [1.29, 1.82) is 0 Å². The second-order valence-corrected chi connectivity index (χ2v) is 7.90. The minimum Gasteiger partial charge on any atom is -0.493 e. The number of hydrogen-bond acceptors (Lipinski definition) is 5. The van der Waals surface area contributed by atoms with Gasteiger partial charge in [-0.05, 0) is 37.3 Å². The van der Waals surface area contributed by atoms with Crippen molar-refractivity contribution in [2.24, 2.45) is 4.99 Å². The maximum absolute atomic E-state index is 6.07. The zero-order valence-electron chi connectivity index (χ0n) is 19.5. The summed E-state index contributed by atoms with van der Waals surface area (Å²) in [5.74, 6) is 4.01. The summed E-state index contributed by atoms with van der Waals surface area (Å²) in [7, 11) is 1.64. The maximum atomic E-state index is 6.07. The van der Waals surface area contributed by atoms with Gasteiger partial charge in [0.05, 0.1) is 32.6 Å². The number of benzene rings is 2. The van der Waals surface area contributed by atoms with Crippen molar-refractivity contribution in [3.63, 3.8) is 0 Å². The minimum absolute atomic E-state index is 0. The molecule has 8 heteroatoms. The highest BCUT2D eigenvalue weighted by Gasteiger charge is 2.22. The highest BCUT2D eigenvalue weighted by Crippen LogP contribution is 2.31. The van der Waals surface area contributed by atoms with Crippen LogP contribution in [0, 0.1) is 0 Å². The molecule has 0 aliphatic carbocycles. The average molecular weight is 577 g/mol. The first kappa shape index (κ1) is 25.7. The molecule has 1 aliphatic rings. The highest BCUT2D eigenvalue weighted by atomic mass is 127. The molecule has 0 spiro atoms. The molecule has 34 heavy (non-hydrogen) atoms. The molecule has 0 radical (unpaired) electrons. The molecular weight excluding hydrogens is 545 g/mol. The molecule has 0 bridgehead atoms. The largest absolute Gasteiger partial charge is 0.493 e. The monoisotopic (exact) mass is 577 g/mol. The fourth-order valence-electron chi connectivity index (χ4n) is 3.76. The molecule has 4 rings (SSSR count). The predicted molar refractivity (Wildman–Crippen MR) is 144 cm³/mol. The zero-order chi connectivity index (χ0) is 22.9. The molecule has 182 valence electrons. The van der Waals surface area contributed by atoms with E-state index in [4.69, 9.17) is 23.6 Å². The van der Waals surface area contributed by atoms with Crippen LogP contribution in [-0.2, 0) is 6.42 Å². The Morgan fingerprint density at radius 1 is 1.09 bits per heavy atom. The van der Waals surface area contributed by atoms with Crippen LogP contribution >= 0.6 is 24.0 Å². The predicted octanol–water partition coefficient (Wildman–Crippen LogP) is 4.98. The number of para-hydroxylation sites is 3. The smallest absolute Gasteiger partial charge is 0.191 e. The molecule has 0 amide bonds. The molecule has 7 nitrogen and oxygen atoms in total. The Balaban J connectivity index is 0.00000324. The van der Waals surface area contributed by atoms with E-state index in [-0.39, 0.29) is 36.1 Å². The molecule has 2 atom stereocenters. The SMILES string of the molecule is COc1ccccc1OC(C)CN=C(NCCc1ccco1)NC1CCOc2ccccc21.I. The number of aliphatic imine (C=N–C) groups is 1. The summed E-state index contributed by atoms with van der Waals surface area (Å²) in [6.45, 7) is 3.85. The van der Waals surface area contributed by atoms with E-state index in [2.05, 4.69) is 16.7 Å². The summed E-state index contributed by atoms with van der Waals surface area (Å²) in [4.78, 5) is 4.82. The number of nitrogens with zero attached hydrogens (tertiary/aromatic N) is 1. The van der Waals surface area contributed by atoms with Crippen molar-refractivity contribution in [1.82, 2.24) is 10.6 Å². The van der Waals surface area contributed by atoms with Crippen LogP contribution in [0.15, 0.2) is 76.3 Å². The number of guanidine groups is 1. The summed E-state index contributed by atoms with van der Waals surface area (Å²) in [6, 6.07) is 19.8. The van der Waals surface area contributed by atoms with E-state index in [0.717, 1.165) is 35.9 Å². The summed E-state index contributed by atoms with van der Waals surface area (Å²) in [5, 5.41) is 7.02. The zero-order valence-corrected chi connectivity index (χ0v) is 21.9. The lowest BCUT2D eigenvalue weighted by Crippen LogP contribution is -2.42. The van der Waals surface area contributed by atoms with Gasteiger partial charge in [0, 0.05) is 24.9 Å². The second-order valence-electron chi connectivity index (χ2n) is 7.90. The first-order chi connectivity index (χ1) is 16.2. The van der Waals surface area contributed by atoms with Gasteiger partial charge < -0.3 is 29.3 Å². The van der Waals surface area contributed by atoms with E-state index in [1.807, 2.05) is 61.5 Å². The van der Waals surface area contributed by atoms with Crippen LogP contribution in [0.3, 0.4) is 0 Å². The normalized spacial score (nSPS) is 15.8. The molecule has 2 aromatic carbocycles. The van der Waals surface area contributed by atoms with Crippen molar-refractivity contribution in [3.8, 4) is 17.2 Å². The number of nitrogens with one attached hydrogen (secondary N) is 2. The second kappa shape index (κ2) is 13.1. The molecule has 2 N–H and O–H groups in total. The summed E-state index contributed by atoms with van der Waals surface area (Å²) in [5.41, 5.74) is 1.14. The van der Waals surface area contributed by atoms with Crippen LogP contribution in [0.25, 0.3) is 0 Å². The molecule has 3 aromatic rings. The fourth-order valence-corrected chi connectivity index (χ4v) is 3.76. The van der Waals surface area contributed by atoms with Crippen molar-refractivity contribution in [2.75, 3.05) is 26.8 Å². The lowest BCUT2D eigenvalue weighted by Gasteiger charge is -2.28. The van der Waals surface area contributed by atoms with Crippen LogP contribution in [0.2, 0.25) is 0 Å². The van der Waals surface area contributed by atoms with Crippen molar-refractivity contribution >= 4 is 29.9 Å². The third kappa shape index (κ3) is 7.06. The molecular formula is C26H32IN3O4. The first-order valence-corrected chi connectivity index (χ1v) is 11.3. The van der Waals surface area contributed by atoms with E-state index in [9.17, 15) is 0 Å². The van der Waals surface area contributed by atoms with Gasteiger partial charge in [-0.2, -0.15) is 0 Å². The van der Waals surface area contributed by atoms with Crippen LogP contribution in [0.1, 0.15) is 30.7 Å². The Morgan fingerprint density at radius 2 is 1.88 bits per heavy atom. The van der Waals surface area contributed by atoms with Gasteiger partial charge in [0.1, 0.15) is 17.6 Å². The molecule has 0 fully saturated rings. The molecule has 2 heterocycles. The highest BCUT2D eigenvalue weighted by molar-refractivity contribution is 14.0. The molecule has 1 aromatic heterocycles. The van der Waals surface area contributed by atoms with E-state index in [0.29, 0.717) is 31.2 Å². The van der Waals surface area contributed by atoms with Crippen molar-refractivity contribution in [2.45, 2.75) is 31.9 Å². The number of fused-ring (bicyclic) bond motifs is 1. The summed E-state index contributed by atoms with van der Waals surface area (Å²) in [6.07, 6.45) is 3.19. The molecule has 0 saturated heterocycles. The lowest BCUT2D eigenvalue weighted by atomic mass is 10.0. The number of hydrogen-bond donors (Lipinski definition) is 2. The van der Waals surface area contributed by atoms with E-state index in [1.165, 1.54) is 0 Å². The lowest BCUT2D eigenvalue weighted by molar-refractivity contribution is 0.219. The van der Waals surface area contributed by atoms with Gasteiger partial charge in [-0.15, -0.1) is 24.0 Å². The molecule has 1 aliphatic heterocycles. The maximum Gasteiger partial charge on any atom is 0.191 e. The summed E-state index contributed by atoms with van der Waals surface area (Å²) < 4.78 is 22.7. The topological polar surface area (TPSA) is 77.2 Å². The van der Waals surface area contributed by atoms with Gasteiger partial charge in [0.25, 0.3) is 0 Å². The number of methoxy groups -OCH3 is 1. The van der Waals surface area contributed by atoms with Crippen LogP contribution in [0.4, 0.5) is 0 Å². The van der Waals surface area contributed by atoms with E-state index < -0.39 is 0 Å². The van der Waals surface area contributed by atoms with Crippen molar-refractivity contribution < 1.29 is 18.6 Å². The number of ether oxygens (including phenoxy) is 3. The van der Waals surface area contributed by atoms with Gasteiger partial charge in [-0.25, -0.2) is 4.99 Å². The van der Waals surface area contributed by atoms with Gasteiger partial charge >= 0.3 is 0 Å². The quantitative estimate of drug-likeness (QED) is 0.213. The minimum atomic E-state index is -0.132. The Morgan fingerprint density at radius 3 is 2.68 bits per heavy atom. The van der Waals surface area contributed by atoms with E-state index in [1.54, 1.807) is 13.4 Å². The fraction of sp³-hybridized carbons (Fsp3) is 0.346. The van der Waals surface area contributed by atoms with Crippen LogP contribution in [0.5, 0.6) is 17.2 Å². The Bertz CT molecular complexity index is 1040.